The van der Waals surface area contributed by atoms with Crippen LogP contribution in [0.3, 0.4) is 0 Å². The van der Waals surface area contributed by atoms with Gasteiger partial charge in [-0.15, -0.1) is 15.7 Å². The van der Waals surface area contributed by atoms with Crippen molar-refractivity contribution in [1.29, 1.82) is 0 Å². The van der Waals surface area contributed by atoms with Crippen molar-refractivity contribution in [3.8, 4) is 0 Å². The standard InChI is InChI=1S/C13H11Cl2N3O2S2/c1-2-18(7-9-11(14)16-13(15)21-9)12-8-5-3-4-6-10(8)22(19,20)17-12/h3-6H,2,7H2,1H3. The van der Waals surface area contributed by atoms with E-state index in [0.29, 0.717) is 34.1 Å². The first-order valence-electron chi connectivity index (χ1n) is 6.42. The fourth-order valence-electron chi connectivity index (χ4n) is 2.23. The molecule has 0 saturated heterocycles. The maximum atomic E-state index is 12.1. The molecule has 3 rings (SSSR count). The molecule has 0 N–H and O–H groups in total. The van der Waals surface area contributed by atoms with E-state index < -0.39 is 10.0 Å². The van der Waals surface area contributed by atoms with E-state index in [9.17, 15) is 8.42 Å². The number of hydrogen-bond donors (Lipinski definition) is 0. The van der Waals surface area contributed by atoms with Crippen molar-refractivity contribution in [3.63, 3.8) is 0 Å². The fourth-order valence-corrected chi connectivity index (χ4v) is 4.87. The largest absolute Gasteiger partial charge is 0.350 e. The molecule has 0 radical (unpaired) electrons. The smallest absolute Gasteiger partial charge is 0.285 e. The average molecular weight is 376 g/mol. The van der Waals surface area contributed by atoms with Gasteiger partial charge in [0.05, 0.1) is 11.4 Å². The van der Waals surface area contributed by atoms with Crippen LogP contribution in [0, 0.1) is 0 Å². The molecule has 0 saturated carbocycles. The molecule has 0 aliphatic carbocycles. The Labute approximate surface area is 142 Å². The molecule has 0 unspecified atom stereocenters. The molecule has 2 aromatic rings. The number of aromatic nitrogens is 1. The van der Waals surface area contributed by atoms with E-state index in [0.717, 1.165) is 4.88 Å². The highest BCUT2D eigenvalue weighted by Crippen LogP contribution is 2.31. The molecule has 0 spiro atoms. The second-order valence-electron chi connectivity index (χ2n) is 4.58. The lowest BCUT2D eigenvalue weighted by Gasteiger charge is -2.22. The van der Waals surface area contributed by atoms with Gasteiger partial charge in [-0.05, 0) is 19.1 Å². The monoisotopic (exact) mass is 375 g/mol. The van der Waals surface area contributed by atoms with Crippen LogP contribution in [0.4, 0.5) is 0 Å². The quantitative estimate of drug-likeness (QED) is 0.824. The van der Waals surface area contributed by atoms with Crippen molar-refractivity contribution in [2.45, 2.75) is 18.4 Å². The van der Waals surface area contributed by atoms with E-state index in [2.05, 4.69) is 9.38 Å². The number of nitrogens with zero attached hydrogens (tertiary/aromatic N) is 3. The van der Waals surface area contributed by atoms with Gasteiger partial charge in [0.25, 0.3) is 10.0 Å². The predicted molar refractivity (Wildman–Crippen MR) is 88.4 cm³/mol. The Morgan fingerprint density at radius 2 is 2.00 bits per heavy atom. The molecule has 0 amide bonds. The Kier molecular flexibility index (Phi) is 4.15. The first-order chi connectivity index (χ1) is 10.4. The molecule has 0 fully saturated rings. The van der Waals surface area contributed by atoms with E-state index >= 15 is 0 Å². The van der Waals surface area contributed by atoms with E-state index in [1.165, 1.54) is 11.3 Å². The Balaban J connectivity index is 2.00. The third-order valence-corrected chi connectivity index (χ3v) is 6.15. The lowest BCUT2D eigenvalue weighted by atomic mass is 10.2. The summed E-state index contributed by atoms with van der Waals surface area (Å²) in [5, 5.41) is 0.336. The molecule has 9 heteroatoms. The van der Waals surface area contributed by atoms with Crippen LogP contribution in [0.15, 0.2) is 33.6 Å². The van der Waals surface area contributed by atoms with Crippen molar-refractivity contribution in [2.75, 3.05) is 6.54 Å². The summed E-state index contributed by atoms with van der Waals surface area (Å²) in [6.45, 7) is 2.91. The van der Waals surface area contributed by atoms with Gasteiger partial charge in [0, 0.05) is 12.1 Å². The first-order valence-corrected chi connectivity index (χ1v) is 9.43. The summed E-state index contributed by atoms with van der Waals surface area (Å²) in [7, 11) is -3.63. The summed E-state index contributed by atoms with van der Waals surface area (Å²) in [4.78, 5) is 6.82. The molecule has 5 nitrogen and oxygen atoms in total. The van der Waals surface area contributed by atoms with Gasteiger partial charge in [0.15, 0.2) is 10.3 Å². The van der Waals surface area contributed by atoms with E-state index in [1.54, 1.807) is 24.3 Å². The molecule has 0 atom stereocenters. The third-order valence-electron chi connectivity index (χ3n) is 3.25. The van der Waals surface area contributed by atoms with Gasteiger partial charge >= 0.3 is 0 Å². The van der Waals surface area contributed by atoms with E-state index in [4.69, 9.17) is 23.2 Å². The molecule has 1 aliphatic rings. The van der Waals surface area contributed by atoms with Gasteiger partial charge in [-0.2, -0.15) is 8.42 Å². The van der Waals surface area contributed by atoms with Crippen LogP contribution in [0.25, 0.3) is 0 Å². The first kappa shape index (κ1) is 15.7. The number of amidine groups is 1. The fraction of sp³-hybridized carbons (Fsp3) is 0.231. The Morgan fingerprint density at radius 1 is 1.27 bits per heavy atom. The molecule has 1 aliphatic heterocycles. The molecular weight excluding hydrogens is 365 g/mol. The summed E-state index contributed by atoms with van der Waals surface area (Å²) in [6.07, 6.45) is 0. The molecule has 0 bridgehead atoms. The normalized spacial score (nSPS) is 15.5. The van der Waals surface area contributed by atoms with Crippen LogP contribution in [-0.4, -0.2) is 30.7 Å². The van der Waals surface area contributed by atoms with Crippen molar-refractivity contribution in [1.82, 2.24) is 9.88 Å². The zero-order valence-corrected chi connectivity index (χ0v) is 14.6. The van der Waals surface area contributed by atoms with E-state index in [1.807, 2.05) is 11.8 Å². The number of rotatable bonds is 3. The maximum absolute atomic E-state index is 12.1. The zero-order chi connectivity index (χ0) is 15.9. The van der Waals surface area contributed by atoms with Crippen LogP contribution in [-0.2, 0) is 16.6 Å². The highest BCUT2D eigenvalue weighted by Gasteiger charge is 2.31. The molecule has 1 aromatic heterocycles. The number of hydrogen-bond acceptors (Lipinski definition) is 5. The number of thiazole rings is 1. The van der Waals surface area contributed by atoms with Gasteiger partial charge in [-0.25, -0.2) is 4.98 Å². The summed E-state index contributed by atoms with van der Waals surface area (Å²) in [6, 6.07) is 6.79. The van der Waals surface area contributed by atoms with Crippen molar-refractivity contribution in [3.05, 3.63) is 44.3 Å². The number of halogens is 2. The lowest BCUT2D eigenvalue weighted by Crippen LogP contribution is -2.30. The van der Waals surface area contributed by atoms with E-state index in [-0.39, 0.29) is 4.90 Å². The Hall–Kier alpha value is -1.15. The van der Waals surface area contributed by atoms with Crippen LogP contribution in [0.5, 0.6) is 0 Å². The van der Waals surface area contributed by atoms with Crippen molar-refractivity contribution in [2.24, 2.45) is 4.40 Å². The lowest BCUT2D eigenvalue weighted by molar-refractivity contribution is 0.441. The molecule has 116 valence electrons. The molecule has 2 heterocycles. The van der Waals surface area contributed by atoms with Crippen LogP contribution in [0.2, 0.25) is 9.62 Å². The van der Waals surface area contributed by atoms with Crippen molar-refractivity contribution < 1.29 is 8.42 Å². The topological polar surface area (TPSA) is 62.6 Å². The average Bonchev–Trinajstić information content (AvgIpc) is 2.93. The number of sulfonamides is 1. The predicted octanol–water partition coefficient (Wildman–Crippen LogP) is 3.42. The maximum Gasteiger partial charge on any atom is 0.285 e. The minimum atomic E-state index is -3.63. The number of benzene rings is 1. The van der Waals surface area contributed by atoms with Gasteiger partial charge in [0.2, 0.25) is 0 Å². The van der Waals surface area contributed by atoms with Gasteiger partial charge in [-0.3, -0.25) is 0 Å². The molecule has 22 heavy (non-hydrogen) atoms. The van der Waals surface area contributed by atoms with Crippen LogP contribution < -0.4 is 0 Å². The summed E-state index contributed by atoms with van der Waals surface area (Å²) < 4.78 is 28.5. The third kappa shape index (κ3) is 2.74. The van der Waals surface area contributed by atoms with Gasteiger partial charge in [0.1, 0.15) is 10.0 Å². The minimum Gasteiger partial charge on any atom is -0.350 e. The van der Waals surface area contributed by atoms with Crippen LogP contribution in [0.1, 0.15) is 17.4 Å². The zero-order valence-electron chi connectivity index (χ0n) is 11.5. The van der Waals surface area contributed by atoms with Crippen molar-refractivity contribution >= 4 is 50.4 Å². The Morgan fingerprint density at radius 3 is 2.64 bits per heavy atom. The SMILES string of the molecule is CCN(Cc1sc(Cl)nc1Cl)C1=NS(=O)(=O)c2ccccc21. The summed E-state index contributed by atoms with van der Waals surface area (Å²) in [5.41, 5.74) is 0.607. The highest BCUT2D eigenvalue weighted by molar-refractivity contribution is 7.90. The van der Waals surface area contributed by atoms with Gasteiger partial charge < -0.3 is 4.90 Å². The molecular formula is C13H11Cl2N3O2S2. The van der Waals surface area contributed by atoms with Gasteiger partial charge in [-0.1, -0.05) is 35.3 Å². The van der Waals surface area contributed by atoms with Crippen LogP contribution >= 0.6 is 34.5 Å². The number of fused-ring (bicyclic) bond motifs is 1. The minimum absolute atomic E-state index is 0.233. The Bertz CT molecular complexity index is 862. The summed E-state index contributed by atoms with van der Waals surface area (Å²) >= 11 is 13.2. The summed E-state index contributed by atoms with van der Waals surface area (Å²) in [5.74, 6) is 0.429. The second kappa shape index (κ2) is 5.81. The molecule has 1 aromatic carbocycles. The highest BCUT2D eigenvalue weighted by atomic mass is 35.5. The second-order valence-corrected chi connectivity index (χ2v) is 8.18.